The number of hydrogen-bond donors (Lipinski definition) is 2. The number of aryl methyl sites for hydroxylation is 2. The minimum Gasteiger partial charge on any atom is -0.495 e. The van der Waals surface area contributed by atoms with Crippen molar-refractivity contribution < 1.29 is 9.53 Å². The molecule has 0 atom stereocenters. The molecule has 0 saturated carbocycles. The number of anilines is 2. The summed E-state index contributed by atoms with van der Waals surface area (Å²) >= 11 is 0. The van der Waals surface area contributed by atoms with Crippen molar-refractivity contribution in [3.05, 3.63) is 53.6 Å². The molecular weight excluding hydrogens is 264 g/mol. The van der Waals surface area contributed by atoms with Crippen LogP contribution in [0.1, 0.15) is 11.1 Å². The van der Waals surface area contributed by atoms with Gasteiger partial charge >= 0.3 is 0 Å². The van der Waals surface area contributed by atoms with Gasteiger partial charge in [-0.1, -0.05) is 24.3 Å². The zero-order chi connectivity index (χ0) is 15.2. The highest BCUT2D eigenvalue weighted by molar-refractivity contribution is 5.95. The molecule has 0 bridgehead atoms. The monoisotopic (exact) mass is 284 g/mol. The smallest absolute Gasteiger partial charge is 0.243 e. The lowest BCUT2D eigenvalue weighted by atomic mass is 10.1. The molecular formula is C17H20N2O2. The van der Waals surface area contributed by atoms with Crippen LogP contribution in [0.25, 0.3) is 0 Å². The molecule has 4 heteroatoms. The summed E-state index contributed by atoms with van der Waals surface area (Å²) < 4.78 is 5.21. The Hall–Kier alpha value is -2.49. The summed E-state index contributed by atoms with van der Waals surface area (Å²) in [7, 11) is 1.58. The Bertz CT molecular complexity index is 638. The van der Waals surface area contributed by atoms with Crippen LogP contribution in [0, 0.1) is 13.8 Å². The molecule has 0 aliphatic carbocycles. The van der Waals surface area contributed by atoms with Crippen LogP contribution in [0.15, 0.2) is 42.5 Å². The zero-order valence-electron chi connectivity index (χ0n) is 12.6. The minimum atomic E-state index is -0.111. The van der Waals surface area contributed by atoms with Crippen LogP contribution < -0.4 is 15.4 Å². The van der Waals surface area contributed by atoms with Gasteiger partial charge in [-0.2, -0.15) is 0 Å². The van der Waals surface area contributed by atoms with E-state index in [1.165, 1.54) is 0 Å². The maximum atomic E-state index is 12.0. The van der Waals surface area contributed by atoms with Crippen LogP contribution in [-0.2, 0) is 4.79 Å². The lowest BCUT2D eigenvalue weighted by Gasteiger charge is -2.12. The molecule has 21 heavy (non-hydrogen) atoms. The summed E-state index contributed by atoms with van der Waals surface area (Å²) in [4.78, 5) is 12.0. The normalized spacial score (nSPS) is 10.0. The third-order valence-corrected chi connectivity index (χ3v) is 3.21. The Balaban J connectivity index is 1.97. The van der Waals surface area contributed by atoms with E-state index in [1.807, 2.05) is 50.2 Å². The van der Waals surface area contributed by atoms with Gasteiger partial charge in [0, 0.05) is 5.69 Å². The molecule has 1 amide bonds. The van der Waals surface area contributed by atoms with E-state index in [0.717, 1.165) is 16.8 Å². The van der Waals surface area contributed by atoms with Crippen molar-refractivity contribution in [2.75, 3.05) is 24.3 Å². The Kier molecular flexibility index (Phi) is 4.82. The molecule has 0 unspecified atom stereocenters. The van der Waals surface area contributed by atoms with Crippen LogP contribution >= 0.6 is 0 Å². The molecule has 0 aliphatic heterocycles. The molecule has 0 radical (unpaired) electrons. The van der Waals surface area contributed by atoms with Crippen molar-refractivity contribution in [2.24, 2.45) is 0 Å². The highest BCUT2D eigenvalue weighted by Gasteiger charge is 2.07. The number of carbonyl (C=O) groups is 1. The summed E-state index contributed by atoms with van der Waals surface area (Å²) in [5.74, 6) is 0.540. The second-order valence-electron chi connectivity index (χ2n) is 4.92. The number of para-hydroxylation sites is 2. The van der Waals surface area contributed by atoms with Gasteiger partial charge in [0.2, 0.25) is 5.91 Å². The van der Waals surface area contributed by atoms with Crippen LogP contribution in [0.3, 0.4) is 0 Å². The first-order valence-electron chi connectivity index (χ1n) is 6.84. The van der Waals surface area contributed by atoms with Crippen molar-refractivity contribution in [3.63, 3.8) is 0 Å². The van der Waals surface area contributed by atoms with Gasteiger partial charge in [0.1, 0.15) is 5.75 Å². The number of methoxy groups -OCH3 is 1. The van der Waals surface area contributed by atoms with E-state index in [0.29, 0.717) is 11.4 Å². The van der Waals surface area contributed by atoms with E-state index < -0.39 is 0 Å². The SMILES string of the molecule is COc1ccccc1NC(=O)CNc1cc(C)ccc1C. The molecule has 0 spiro atoms. The number of hydrogen-bond acceptors (Lipinski definition) is 3. The van der Waals surface area contributed by atoms with Crippen molar-refractivity contribution in [2.45, 2.75) is 13.8 Å². The van der Waals surface area contributed by atoms with Gasteiger partial charge in [-0.25, -0.2) is 0 Å². The van der Waals surface area contributed by atoms with Gasteiger partial charge in [0.15, 0.2) is 0 Å². The second kappa shape index (κ2) is 6.79. The van der Waals surface area contributed by atoms with E-state index in [-0.39, 0.29) is 12.5 Å². The molecule has 0 aromatic heterocycles. The molecule has 0 heterocycles. The highest BCUT2D eigenvalue weighted by Crippen LogP contribution is 2.23. The predicted octanol–water partition coefficient (Wildman–Crippen LogP) is 3.36. The largest absolute Gasteiger partial charge is 0.495 e. The highest BCUT2D eigenvalue weighted by atomic mass is 16.5. The maximum Gasteiger partial charge on any atom is 0.243 e. The van der Waals surface area contributed by atoms with Crippen LogP contribution in [0.2, 0.25) is 0 Å². The number of nitrogens with one attached hydrogen (secondary N) is 2. The van der Waals surface area contributed by atoms with Gasteiger partial charge in [-0.15, -0.1) is 0 Å². The lowest BCUT2D eigenvalue weighted by Crippen LogP contribution is -2.22. The first kappa shape index (κ1) is 14.9. The molecule has 2 rings (SSSR count). The van der Waals surface area contributed by atoms with Crippen LogP contribution in [0.4, 0.5) is 11.4 Å². The fourth-order valence-corrected chi connectivity index (χ4v) is 2.04. The molecule has 4 nitrogen and oxygen atoms in total. The van der Waals surface area contributed by atoms with Crippen LogP contribution in [-0.4, -0.2) is 19.6 Å². The molecule has 2 aromatic rings. The van der Waals surface area contributed by atoms with E-state index in [2.05, 4.69) is 16.7 Å². The van der Waals surface area contributed by atoms with Crippen LogP contribution in [0.5, 0.6) is 5.75 Å². The Morgan fingerprint density at radius 3 is 2.62 bits per heavy atom. The average molecular weight is 284 g/mol. The predicted molar refractivity (Wildman–Crippen MR) is 86.0 cm³/mol. The Morgan fingerprint density at radius 2 is 1.86 bits per heavy atom. The summed E-state index contributed by atoms with van der Waals surface area (Å²) in [6.45, 7) is 4.25. The van der Waals surface area contributed by atoms with Crippen molar-refractivity contribution >= 4 is 17.3 Å². The van der Waals surface area contributed by atoms with E-state index in [1.54, 1.807) is 7.11 Å². The van der Waals surface area contributed by atoms with Gasteiger partial charge in [-0.05, 0) is 43.2 Å². The fraction of sp³-hybridized carbons (Fsp3) is 0.235. The third-order valence-electron chi connectivity index (χ3n) is 3.21. The lowest BCUT2D eigenvalue weighted by molar-refractivity contribution is -0.114. The summed E-state index contributed by atoms with van der Waals surface area (Å²) in [6, 6.07) is 13.5. The molecule has 0 aliphatic rings. The molecule has 0 fully saturated rings. The zero-order valence-corrected chi connectivity index (χ0v) is 12.6. The summed E-state index contributed by atoms with van der Waals surface area (Å²) in [5.41, 5.74) is 3.93. The molecule has 110 valence electrons. The third kappa shape index (κ3) is 3.99. The Morgan fingerprint density at radius 1 is 1.10 bits per heavy atom. The standard InChI is InChI=1S/C17H20N2O2/c1-12-8-9-13(2)15(10-12)18-11-17(20)19-14-6-4-5-7-16(14)21-3/h4-10,18H,11H2,1-3H3,(H,19,20). The van der Waals surface area contributed by atoms with E-state index in [9.17, 15) is 4.79 Å². The number of ether oxygens (including phenoxy) is 1. The fourth-order valence-electron chi connectivity index (χ4n) is 2.04. The number of carbonyl (C=O) groups excluding carboxylic acids is 1. The quantitative estimate of drug-likeness (QED) is 0.885. The van der Waals surface area contributed by atoms with Crippen molar-refractivity contribution in [3.8, 4) is 5.75 Å². The van der Waals surface area contributed by atoms with Gasteiger partial charge in [0.05, 0.1) is 19.3 Å². The molecule has 2 aromatic carbocycles. The first-order chi connectivity index (χ1) is 10.1. The number of benzene rings is 2. The van der Waals surface area contributed by atoms with E-state index >= 15 is 0 Å². The summed E-state index contributed by atoms with van der Waals surface area (Å²) in [5, 5.41) is 6.00. The second-order valence-corrected chi connectivity index (χ2v) is 4.92. The topological polar surface area (TPSA) is 50.4 Å². The Labute approximate surface area is 125 Å². The number of rotatable bonds is 5. The van der Waals surface area contributed by atoms with Crippen molar-refractivity contribution in [1.82, 2.24) is 0 Å². The van der Waals surface area contributed by atoms with Crippen molar-refractivity contribution in [1.29, 1.82) is 0 Å². The molecule has 0 saturated heterocycles. The van der Waals surface area contributed by atoms with Gasteiger partial charge in [-0.3, -0.25) is 4.79 Å². The van der Waals surface area contributed by atoms with Gasteiger partial charge in [0.25, 0.3) is 0 Å². The summed E-state index contributed by atoms with van der Waals surface area (Å²) in [6.07, 6.45) is 0. The minimum absolute atomic E-state index is 0.111. The first-order valence-corrected chi connectivity index (χ1v) is 6.84. The number of amides is 1. The molecule has 2 N–H and O–H groups in total. The maximum absolute atomic E-state index is 12.0. The average Bonchev–Trinajstić information content (AvgIpc) is 2.49. The van der Waals surface area contributed by atoms with Gasteiger partial charge < -0.3 is 15.4 Å². The van der Waals surface area contributed by atoms with E-state index in [4.69, 9.17) is 4.74 Å².